The molecule has 1 atom stereocenters. The average molecular weight is 213 g/mol. The van der Waals surface area contributed by atoms with Gasteiger partial charge in [-0.1, -0.05) is 6.92 Å². The lowest BCUT2D eigenvalue weighted by atomic mass is 10.2. The van der Waals surface area contributed by atoms with Crippen LogP contribution in [-0.4, -0.2) is 20.3 Å². The minimum Gasteiger partial charge on any atom is -0.379 e. The molecule has 1 rings (SSSR count). The standard InChI is InChI=1S/C11H19NOS/c1-4-6-13-8-10(12-3)11-9(2)5-7-14-11/h5,7,10,12H,4,6,8H2,1-3H3. The summed E-state index contributed by atoms with van der Waals surface area (Å²) in [5, 5.41) is 5.42. The van der Waals surface area contributed by atoms with Gasteiger partial charge in [-0.25, -0.2) is 0 Å². The zero-order valence-electron chi connectivity index (χ0n) is 9.17. The van der Waals surface area contributed by atoms with Crippen LogP contribution >= 0.6 is 11.3 Å². The molecule has 14 heavy (non-hydrogen) atoms. The van der Waals surface area contributed by atoms with Crippen molar-refractivity contribution < 1.29 is 4.74 Å². The zero-order chi connectivity index (χ0) is 10.4. The summed E-state index contributed by atoms with van der Waals surface area (Å²) in [6, 6.07) is 2.51. The predicted octanol–water partition coefficient (Wildman–Crippen LogP) is 2.74. The van der Waals surface area contributed by atoms with E-state index in [4.69, 9.17) is 4.74 Å². The van der Waals surface area contributed by atoms with Gasteiger partial charge in [0.15, 0.2) is 0 Å². The SMILES string of the molecule is CCCOCC(NC)c1sccc1C. The minimum atomic E-state index is 0.349. The van der Waals surface area contributed by atoms with E-state index in [-0.39, 0.29) is 0 Å². The Balaban J connectivity index is 2.50. The van der Waals surface area contributed by atoms with Crippen LogP contribution in [0.3, 0.4) is 0 Å². The molecule has 0 aliphatic rings. The molecule has 0 amide bonds. The molecule has 3 heteroatoms. The molecule has 1 aromatic heterocycles. The maximum Gasteiger partial charge on any atom is 0.0669 e. The van der Waals surface area contributed by atoms with Crippen molar-refractivity contribution in [3.05, 3.63) is 21.9 Å². The topological polar surface area (TPSA) is 21.3 Å². The Morgan fingerprint density at radius 2 is 2.36 bits per heavy atom. The molecule has 0 aromatic carbocycles. The highest BCUT2D eigenvalue weighted by Gasteiger charge is 2.12. The van der Waals surface area contributed by atoms with Gasteiger partial charge in [0.2, 0.25) is 0 Å². The molecule has 1 unspecified atom stereocenters. The molecular formula is C11H19NOS. The van der Waals surface area contributed by atoms with Gasteiger partial charge in [0.05, 0.1) is 12.6 Å². The molecule has 0 saturated carbocycles. The van der Waals surface area contributed by atoms with Gasteiger partial charge in [-0.3, -0.25) is 0 Å². The van der Waals surface area contributed by atoms with Crippen molar-refractivity contribution in [2.24, 2.45) is 0 Å². The summed E-state index contributed by atoms with van der Waals surface area (Å²) in [4.78, 5) is 1.39. The maximum absolute atomic E-state index is 5.56. The van der Waals surface area contributed by atoms with Gasteiger partial charge in [0.1, 0.15) is 0 Å². The van der Waals surface area contributed by atoms with Gasteiger partial charge in [-0.15, -0.1) is 11.3 Å². The minimum absolute atomic E-state index is 0.349. The van der Waals surface area contributed by atoms with E-state index in [1.54, 1.807) is 11.3 Å². The molecule has 0 saturated heterocycles. The van der Waals surface area contributed by atoms with Gasteiger partial charge in [0, 0.05) is 11.5 Å². The molecule has 0 aliphatic carbocycles. The van der Waals surface area contributed by atoms with Crippen LogP contribution in [0.2, 0.25) is 0 Å². The summed E-state index contributed by atoms with van der Waals surface area (Å²) < 4.78 is 5.56. The number of hydrogen-bond acceptors (Lipinski definition) is 3. The normalized spacial score (nSPS) is 13.1. The summed E-state index contributed by atoms with van der Waals surface area (Å²) in [6.45, 7) is 5.90. The van der Waals surface area contributed by atoms with Crippen molar-refractivity contribution >= 4 is 11.3 Å². The third-order valence-electron chi connectivity index (χ3n) is 2.20. The van der Waals surface area contributed by atoms with Gasteiger partial charge in [-0.2, -0.15) is 0 Å². The number of thiophene rings is 1. The van der Waals surface area contributed by atoms with E-state index in [1.165, 1.54) is 10.4 Å². The molecule has 80 valence electrons. The lowest BCUT2D eigenvalue weighted by Gasteiger charge is -2.15. The number of rotatable bonds is 6. The monoisotopic (exact) mass is 213 g/mol. The quantitative estimate of drug-likeness (QED) is 0.734. The molecule has 1 heterocycles. The Morgan fingerprint density at radius 3 is 2.86 bits per heavy atom. The predicted molar refractivity (Wildman–Crippen MR) is 62.0 cm³/mol. The van der Waals surface area contributed by atoms with E-state index >= 15 is 0 Å². The van der Waals surface area contributed by atoms with Crippen molar-refractivity contribution in [1.29, 1.82) is 0 Å². The molecule has 0 radical (unpaired) electrons. The van der Waals surface area contributed by atoms with Crippen molar-refractivity contribution in [1.82, 2.24) is 5.32 Å². The van der Waals surface area contributed by atoms with Crippen LogP contribution in [0.15, 0.2) is 11.4 Å². The van der Waals surface area contributed by atoms with E-state index in [1.807, 2.05) is 7.05 Å². The Kier molecular flexibility index (Phi) is 5.15. The fraction of sp³-hybridized carbons (Fsp3) is 0.636. The number of ether oxygens (including phenoxy) is 1. The van der Waals surface area contributed by atoms with Crippen LogP contribution in [0, 0.1) is 6.92 Å². The Morgan fingerprint density at radius 1 is 1.57 bits per heavy atom. The van der Waals surface area contributed by atoms with E-state index < -0.39 is 0 Å². The molecule has 0 spiro atoms. The molecule has 0 aliphatic heterocycles. The van der Waals surface area contributed by atoms with Crippen LogP contribution in [0.1, 0.15) is 29.8 Å². The van der Waals surface area contributed by atoms with Crippen LogP contribution in [-0.2, 0) is 4.74 Å². The summed E-state index contributed by atoms with van der Waals surface area (Å²) >= 11 is 1.80. The summed E-state index contributed by atoms with van der Waals surface area (Å²) in [7, 11) is 1.99. The maximum atomic E-state index is 5.56. The first-order chi connectivity index (χ1) is 6.79. The largest absolute Gasteiger partial charge is 0.379 e. The lowest BCUT2D eigenvalue weighted by Crippen LogP contribution is -2.21. The highest BCUT2D eigenvalue weighted by molar-refractivity contribution is 7.10. The molecule has 2 nitrogen and oxygen atoms in total. The highest BCUT2D eigenvalue weighted by atomic mass is 32.1. The molecule has 1 aromatic rings. The van der Waals surface area contributed by atoms with E-state index in [2.05, 4.69) is 30.6 Å². The molecule has 0 bridgehead atoms. The second-order valence-corrected chi connectivity index (χ2v) is 4.33. The Hall–Kier alpha value is -0.380. The summed E-state index contributed by atoms with van der Waals surface area (Å²) in [5.41, 5.74) is 1.36. The first-order valence-electron chi connectivity index (χ1n) is 5.08. The second kappa shape index (κ2) is 6.17. The first kappa shape index (κ1) is 11.7. The van der Waals surface area contributed by atoms with Crippen molar-refractivity contribution in [3.63, 3.8) is 0 Å². The second-order valence-electron chi connectivity index (χ2n) is 3.38. The fourth-order valence-corrected chi connectivity index (χ4v) is 2.40. The summed E-state index contributed by atoms with van der Waals surface area (Å²) in [5.74, 6) is 0. The van der Waals surface area contributed by atoms with Gasteiger partial charge in [0.25, 0.3) is 0 Å². The molecule has 0 fully saturated rings. The van der Waals surface area contributed by atoms with Gasteiger partial charge < -0.3 is 10.1 Å². The highest BCUT2D eigenvalue weighted by Crippen LogP contribution is 2.23. The van der Waals surface area contributed by atoms with Gasteiger partial charge >= 0.3 is 0 Å². The first-order valence-corrected chi connectivity index (χ1v) is 5.96. The smallest absolute Gasteiger partial charge is 0.0669 e. The van der Waals surface area contributed by atoms with Crippen molar-refractivity contribution in [2.45, 2.75) is 26.3 Å². The fourth-order valence-electron chi connectivity index (χ4n) is 1.38. The van der Waals surface area contributed by atoms with E-state index in [0.29, 0.717) is 6.04 Å². The van der Waals surface area contributed by atoms with Crippen molar-refractivity contribution in [2.75, 3.05) is 20.3 Å². The lowest BCUT2D eigenvalue weighted by molar-refractivity contribution is 0.115. The zero-order valence-corrected chi connectivity index (χ0v) is 9.99. The number of nitrogens with one attached hydrogen (secondary N) is 1. The van der Waals surface area contributed by atoms with Crippen LogP contribution < -0.4 is 5.32 Å². The number of likely N-dealkylation sites (N-methyl/N-ethyl adjacent to an activating group) is 1. The molecular weight excluding hydrogens is 194 g/mol. The van der Waals surface area contributed by atoms with Crippen LogP contribution in [0.25, 0.3) is 0 Å². The van der Waals surface area contributed by atoms with Gasteiger partial charge in [-0.05, 0) is 37.4 Å². The van der Waals surface area contributed by atoms with Crippen molar-refractivity contribution in [3.8, 4) is 0 Å². The van der Waals surface area contributed by atoms with Crippen LogP contribution in [0.5, 0.6) is 0 Å². The number of aryl methyl sites for hydroxylation is 1. The average Bonchev–Trinajstić information content (AvgIpc) is 2.60. The van der Waals surface area contributed by atoms with E-state index in [0.717, 1.165) is 19.6 Å². The van der Waals surface area contributed by atoms with Crippen LogP contribution in [0.4, 0.5) is 0 Å². The third kappa shape index (κ3) is 3.08. The van der Waals surface area contributed by atoms with E-state index in [9.17, 15) is 0 Å². The molecule has 1 N–H and O–H groups in total. The summed E-state index contributed by atoms with van der Waals surface area (Å²) in [6.07, 6.45) is 1.08. The Labute approximate surface area is 90.3 Å². The third-order valence-corrected chi connectivity index (χ3v) is 3.33. The Bertz CT molecular complexity index is 260. The number of hydrogen-bond donors (Lipinski definition) is 1.